The molecular formula is C51H47N3. The molecule has 3 heteroatoms. The minimum atomic E-state index is 0.184. The third-order valence-electron chi connectivity index (χ3n) is 10.3. The summed E-state index contributed by atoms with van der Waals surface area (Å²) in [5, 5.41) is 5.26. The van der Waals surface area contributed by atoms with Crippen LogP contribution in [0.2, 0.25) is 0 Å². The number of amidine groups is 1. The van der Waals surface area contributed by atoms with E-state index in [2.05, 4.69) is 152 Å². The van der Waals surface area contributed by atoms with Crippen molar-refractivity contribution in [1.82, 2.24) is 4.98 Å². The van der Waals surface area contributed by atoms with Gasteiger partial charge < -0.3 is 0 Å². The highest BCUT2D eigenvalue weighted by Gasteiger charge is 2.14. The molecule has 0 saturated heterocycles. The molecule has 0 fully saturated rings. The summed E-state index contributed by atoms with van der Waals surface area (Å²) in [5.41, 5.74) is 9.27. The summed E-state index contributed by atoms with van der Waals surface area (Å²) < 4.78 is 0. The second kappa shape index (κ2) is 18.0. The van der Waals surface area contributed by atoms with Crippen LogP contribution in [0.4, 0.5) is 0 Å². The number of hydrogen-bond donors (Lipinski definition) is 0. The average molecular weight is 702 g/mol. The number of fused-ring (bicyclic) bond motifs is 2. The third-order valence-corrected chi connectivity index (χ3v) is 10.3. The fourth-order valence-electron chi connectivity index (χ4n) is 7.51. The van der Waals surface area contributed by atoms with Gasteiger partial charge in [-0.1, -0.05) is 140 Å². The molecule has 54 heavy (non-hydrogen) atoms. The molecule has 1 unspecified atom stereocenters. The van der Waals surface area contributed by atoms with Crippen LogP contribution in [0.3, 0.4) is 0 Å². The van der Waals surface area contributed by atoms with Gasteiger partial charge in [0.2, 0.25) is 0 Å². The topological polar surface area (TPSA) is 37.6 Å². The van der Waals surface area contributed by atoms with Gasteiger partial charge in [0, 0.05) is 30.1 Å². The highest BCUT2D eigenvalue weighted by atomic mass is 14.9. The highest BCUT2D eigenvalue weighted by Crippen LogP contribution is 2.25. The molecular weight excluding hydrogens is 655 g/mol. The molecule has 3 aliphatic rings. The first-order valence-corrected chi connectivity index (χ1v) is 19.1. The molecule has 0 bridgehead atoms. The molecule has 7 rings (SSSR count). The summed E-state index contributed by atoms with van der Waals surface area (Å²) >= 11 is 0. The quantitative estimate of drug-likeness (QED) is 0.0923. The van der Waals surface area contributed by atoms with Crippen molar-refractivity contribution < 1.29 is 0 Å². The van der Waals surface area contributed by atoms with Gasteiger partial charge in [0.25, 0.3) is 0 Å². The second-order valence-corrected chi connectivity index (χ2v) is 13.8. The zero-order valence-electron chi connectivity index (χ0n) is 30.9. The first-order valence-electron chi connectivity index (χ1n) is 19.1. The monoisotopic (exact) mass is 701 g/mol. The molecule has 1 aromatic heterocycles. The number of allylic oxidation sites excluding steroid dienone is 11. The fourth-order valence-corrected chi connectivity index (χ4v) is 7.51. The minimum absolute atomic E-state index is 0.184. The molecule has 0 amide bonds. The lowest BCUT2D eigenvalue weighted by Gasteiger charge is -2.17. The number of pyridine rings is 1. The Labute approximate surface area is 319 Å². The van der Waals surface area contributed by atoms with Gasteiger partial charge in [0.15, 0.2) is 5.84 Å². The highest BCUT2D eigenvalue weighted by molar-refractivity contribution is 6.05. The number of aliphatic imine (C=N–C) groups is 2. The lowest BCUT2D eigenvalue weighted by molar-refractivity contribution is 0.859. The molecule has 0 spiro atoms. The Morgan fingerprint density at radius 2 is 1.57 bits per heavy atom. The van der Waals surface area contributed by atoms with Crippen LogP contribution in [0.25, 0.3) is 22.8 Å². The fraction of sp³-hybridized carbons (Fsp3) is 0.157. The maximum atomic E-state index is 5.07. The van der Waals surface area contributed by atoms with E-state index in [1.54, 1.807) is 6.20 Å². The molecule has 266 valence electrons. The Morgan fingerprint density at radius 1 is 0.778 bits per heavy atom. The van der Waals surface area contributed by atoms with Crippen molar-refractivity contribution in [2.75, 3.05) is 0 Å². The van der Waals surface area contributed by atoms with E-state index in [0.717, 1.165) is 72.9 Å². The lowest BCUT2D eigenvalue weighted by Crippen LogP contribution is -2.34. The van der Waals surface area contributed by atoms with Crippen molar-refractivity contribution in [2.45, 2.75) is 50.9 Å². The normalized spacial score (nSPS) is 19.7. The Hall–Kier alpha value is -6.19. The number of benzene rings is 3. The van der Waals surface area contributed by atoms with Crippen molar-refractivity contribution in [3.05, 3.63) is 220 Å². The molecule has 3 aromatic carbocycles. The second-order valence-electron chi connectivity index (χ2n) is 13.8. The third kappa shape index (κ3) is 8.70. The van der Waals surface area contributed by atoms with Crippen LogP contribution in [0.5, 0.6) is 0 Å². The molecule has 1 heterocycles. The number of aromatic nitrogens is 1. The van der Waals surface area contributed by atoms with Crippen molar-refractivity contribution in [2.24, 2.45) is 9.98 Å². The molecule has 0 N–H and O–H groups in total. The standard InChI is InChI=1S/C51H47N3/c1-3-39(44-27-19-34-52-37-44)20-15-16-35-53-51(54-38(2)40-21-7-6-8-22-40)43-26-17-25-42(36-43)46-28-9-4-5-10-30-49(50-32-14-13-31-47(46)50)48-33-18-24-41-23-11-12-29-45(41)48/h3-7,9-17,19,21,23-27,29,31-32,34-37,39H,1-2,8,18,20,22,28,30,33H2/b9-4-,10-5-,16-15+,47-46+,50-49+,53-35?,54-51?. The van der Waals surface area contributed by atoms with Crippen LogP contribution >= 0.6 is 0 Å². The zero-order chi connectivity index (χ0) is 37.0. The maximum Gasteiger partial charge on any atom is 0.159 e. The Morgan fingerprint density at radius 3 is 2.35 bits per heavy atom. The lowest BCUT2D eigenvalue weighted by atomic mass is 9.88. The summed E-state index contributed by atoms with van der Waals surface area (Å²) in [6.07, 6.45) is 35.8. The number of rotatable bonds is 10. The van der Waals surface area contributed by atoms with Gasteiger partial charge in [-0.05, 0) is 117 Å². The van der Waals surface area contributed by atoms with E-state index in [9.17, 15) is 0 Å². The maximum absolute atomic E-state index is 5.07. The SMILES string of the molecule is C=CC(C/C=C/C=NC(=NC(=C)C1=CC=CCC1)c1cccc(/C2=c3\cccc\c3=C(/C3=c4ccccc4=CCC3)C/C=C\C=C/C2)c1)c1cccnc1. The first kappa shape index (κ1) is 36.2. The molecule has 1 atom stereocenters. The summed E-state index contributed by atoms with van der Waals surface area (Å²) in [6, 6.07) is 30.6. The molecule has 4 aromatic rings. The van der Waals surface area contributed by atoms with E-state index in [-0.39, 0.29) is 5.92 Å². The Kier molecular flexibility index (Phi) is 12.1. The summed E-state index contributed by atoms with van der Waals surface area (Å²) in [4.78, 5) is 14.3. The van der Waals surface area contributed by atoms with Gasteiger partial charge in [0.05, 0.1) is 5.70 Å². The van der Waals surface area contributed by atoms with E-state index in [0.29, 0.717) is 5.84 Å². The largest absolute Gasteiger partial charge is 0.264 e. The van der Waals surface area contributed by atoms with E-state index < -0.39 is 0 Å². The summed E-state index contributed by atoms with van der Waals surface area (Å²) in [5.74, 6) is 0.822. The van der Waals surface area contributed by atoms with Crippen LogP contribution in [0, 0.1) is 0 Å². The van der Waals surface area contributed by atoms with Gasteiger partial charge in [0.1, 0.15) is 0 Å². The predicted octanol–water partition coefficient (Wildman–Crippen LogP) is 9.29. The van der Waals surface area contributed by atoms with Crippen LogP contribution in [-0.4, -0.2) is 17.0 Å². The van der Waals surface area contributed by atoms with Gasteiger partial charge in [-0.2, -0.15) is 0 Å². The van der Waals surface area contributed by atoms with Gasteiger partial charge in [-0.15, -0.1) is 6.58 Å². The zero-order valence-corrected chi connectivity index (χ0v) is 30.9. The van der Waals surface area contributed by atoms with Crippen LogP contribution in [0.15, 0.2) is 192 Å². The summed E-state index contributed by atoms with van der Waals surface area (Å²) in [7, 11) is 0. The smallest absolute Gasteiger partial charge is 0.159 e. The average Bonchev–Trinajstić information content (AvgIpc) is 3.23. The van der Waals surface area contributed by atoms with E-state index >= 15 is 0 Å². The van der Waals surface area contributed by atoms with Crippen molar-refractivity contribution in [3.8, 4) is 0 Å². The molecule has 0 saturated carbocycles. The van der Waals surface area contributed by atoms with E-state index in [1.807, 2.05) is 30.6 Å². The van der Waals surface area contributed by atoms with Crippen LogP contribution in [0.1, 0.15) is 67.6 Å². The van der Waals surface area contributed by atoms with Crippen LogP contribution < -0.4 is 20.9 Å². The molecule has 3 nitrogen and oxygen atoms in total. The van der Waals surface area contributed by atoms with Gasteiger partial charge in [-0.3, -0.25) is 4.98 Å². The Balaban J connectivity index is 1.32. The van der Waals surface area contributed by atoms with Crippen LogP contribution in [-0.2, 0) is 0 Å². The van der Waals surface area contributed by atoms with Crippen molar-refractivity contribution >= 4 is 34.8 Å². The van der Waals surface area contributed by atoms with Crippen molar-refractivity contribution in [1.29, 1.82) is 0 Å². The first-order chi connectivity index (χ1) is 26.7. The van der Waals surface area contributed by atoms with Crippen molar-refractivity contribution in [3.63, 3.8) is 0 Å². The molecule has 0 radical (unpaired) electrons. The van der Waals surface area contributed by atoms with E-state index in [1.165, 1.54) is 37.6 Å². The number of nitrogens with zero attached hydrogens (tertiary/aromatic N) is 3. The Bertz CT molecular complexity index is 2500. The van der Waals surface area contributed by atoms with E-state index in [4.69, 9.17) is 9.98 Å². The minimum Gasteiger partial charge on any atom is -0.264 e. The molecule has 0 aliphatic heterocycles. The number of hydrogen-bond acceptors (Lipinski definition) is 2. The predicted molar refractivity (Wildman–Crippen MR) is 230 cm³/mol. The van der Waals surface area contributed by atoms with Gasteiger partial charge in [-0.25, -0.2) is 9.98 Å². The molecule has 3 aliphatic carbocycles. The van der Waals surface area contributed by atoms with Gasteiger partial charge >= 0.3 is 0 Å². The summed E-state index contributed by atoms with van der Waals surface area (Å²) in [6.45, 7) is 8.43.